The van der Waals surface area contributed by atoms with E-state index in [1.54, 1.807) is 0 Å². The van der Waals surface area contributed by atoms with Crippen molar-refractivity contribution in [2.75, 3.05) is 13.1 Å². The average Bonchev–Trinajstić information content (AvgIpc) is 2.53. The fourth-order valence-corrected chi connectivity index (χ4v) is 3.10. The van der Waals surface area contributed by atoms with Gasteiger partial charge >= 0.3 is 6.18 Å². The van der Waals surface area contributed by atoms with Crippen LogP contribution in [0.1, 0.15) is 24.1 Å². The summed E-state index contributed by atoms with van der Waals surface area (Å²) in [5, 5.41) is 8.79. The zero-order valence-corrected chi connectivity index (χ0v) is 9.27. The summed E-state index contributed by atoms with van der Waals surface area (Å²) in [6.07, 6.45) is -0.420. The third kappa shape index (κ3) is 1.84. The molecule has 94 valence electrons. The Morgan fingerprint density at radius 2 is 2.06 bits per heavy atom. The van der Waals surface area contributed by atoms with Crippen LogP contribution in [0.3, 0.4) is 0 Å². The molecule has 2 N–H and O–H groups in total. The van der Waals surface area contributed by atoms with Crippen LogP contribution in [0.25, 0.3) is 0 Å². The SMILES string of the molecule is FC(F)(F)c1[nH]ncc1CC1CC2(CNC2)C1. The van der Waals surface area contributed by atoms with E-state index in [1.807, 2.05) is 0 Å². The van der Waals surface area contributed by atoms with Gasteiger partial charge in [0.1, 0.15) is 5.69 Å². The van der Waals surface area contributed by atoms with Gasteiger partial charge in [-0.25, -0.2) is 0 Å². The van der Waals surface area contributed by atoms with Crippen molar-refractivity contribution in [1.82, 2.24) is 15.5 Å². The summed E-state index contributed by atoms with van der Waals surface area (Å²) in [6, 6.07) is 0. The molecule has 1 aromatic rings. The van der Waals surface area contributed by atoms with Crippen LogP contribution < -0.4 is 5.32 Å². The van der Waals surface area contributed by atoms with Crippen molar-refractivity contribution >= 4 is 0 Å². The Bertz CT molecular complexity index is 412. The zero-order chi connectivity index (χ0) is 12.1. The van der Waals surface area contributed by atoms with Crippen LogP contribution in [0.4, 0.5) is 13.2 Å². The van der Waals surface area contributed by atoms with Crippen molar-refractivity contribution in [1.29, 1.82) is 0 Å². The number of nitrogens with one attached hydrogen (secondary N) is 2. The largest absolute Gasteiger partial charge is 0.433 e. The molecule has 0 unspecified atom stereocenters. The van der Waals surface area contributed by atoms with Crippen LogP contribution in [0.5, 0.6) is 0 Å². The molecule has 2 fully saturated rings. The first-order valence-corrected chi connectivity index (χ1v) is 5.79. The molecule has 2 heterocycles. The van der Waals surface area contributed by atoms with Gasteiger partial charge in [0.15, 0.2) is 0 Å². The average molecular weight is 245 g/mol. The minimum absolute atomic E-state index is 0.310. The van der Waals surface area contributed by atoms with E-state index in [0.717, 1.165) is 25.9 Å². The summed E-state index contributed by atoms with van der Waals surface area (Å²) in [4.78, 5) is 0. The molecule has 0 atom stereocenters. The predicted molar refractivity (Wildman–Crippen MR) is 55.3 cm³/mol. The first-order valence-electron chi connectivity index (χ1n) is 5.79. The number of H-pyrrole nitrogens is 1. The number of halogens is 3. The molecule has 0 aromatic carbocycles. The van der Waals surface area contributed by atoms with E-state index in [1.165, 1.54) is 6.20 Å². The molecular weight excluding hydrogens is 231 g/mol. The topological polar surface area (TPSA) is 40.7 Å². The van der Waals surface area contributed by atoms with Gasteiger partial charge in [0, 0.05) is 18.7 Å². The van der Waals surface area contributed by atoms with E-state index < -0.39 is 11.9 Å². The van der Waals surface area contributed by atoms with E-state index >= 15 is 0 Å². The number of aromatic nitrogens is 2. The number of hydrogen-bond acceptors (Lipinski definition) is 2. The Morgan fingerprint density at radius 3 is 2.59 bits per heavy atom. The highest BCUT2D eigenvalue weighted by Crippen LogP contribution is 2.50. The third-order valence-corrected chi connectivity index (χ3v) is 3.95. The first kappa shape index (κ1) is 11.1. The second-order valence-corrected chi connectivity index (χ2v) is 5.35. The van der Waals surface area contributed by atoms with E-state index in [0.29, 0.717) is 23.3 Å². The van der Waals surface area contributed by atoms with Crippen LogP contribution >= 0.6 is 0 Å². The van der Waals surface area contributed by atoms with E-state index in [2.05, 4.69) is 15.5 Å². The highest BCUT2D eigenvalue weighted by molar-refractivity contribution is 5.21. The van der Waals surface area contributed by atoms with Gasteiger partial charge in [-0.2, -0.15) is 18.3 Å². The summed E-state index contributed by atoms with van der Waals surface area (Å²) >= 11 is 0. The molecule has 1 aromatic heterocycles. The number of aromatic amines is 1. The zero-order valence-electron chi connectivity index (χ0n) is 9.27. The molecule has 3 nitrogen and oxygen atoms in total. The predicted octanol–water partition coefficient (Wildman–Crippen LogP) is 1.97. The second kappa shape index (κ2) is 3.48. The molecule has 0 bridgehead atoms. The summed E-state index contributed by atoms with van der Waals surface area (Å²) in [5.41, 5.74) is 0.0436. The van der Waals surface area contributed by atoms with E-state index in [9.17, 15) is 13.2 Å². The van der Waals surface area contributed by atoms with Crippen LogP contribution in [-0.4, -0.2) is 23.3 Å². The minimum atomic E-state index is -4.31. The summed E-state index contributed by atoms with van der Waals surface area (Å²) < 4.78 is 37.8. The quantitative estimate of drug-likeness (QED) is 0.836. The van der Waals surface area contributed by atoms with Crippen LogP contribution in [-0.2, 0) is 12.6 Å². The molecule has 17 heavy (non-hydrogen) atoms. The number of alkyl halides is 3. The van der Waals surface area contributed by atoms with Gasteiger partial charge < -0.3 is 5.32 Å². The first-order chi connectivity index (χ1) is 7.99. The Labute approximate surface area is 96.8 Å². The van der Waals surface area contributed by atoms with Gasteiger partial charge in [0.25, 0.3) is 0 Å². The molecule has 1 aliphatic carbocycles. The Morgan fingerprint density at radius 1 is 1.35 bits per heavy atom. The lowest BCUT2D eigenvalue weighted by Gasteiger charge is -2.54. The van der Waals surface area contributed by atoms with Crippen LogP contribution in [0.15, 0.2) is 6.20 Å². The standard InChI is InChI=1S/C11H14F3N3/c12-11(13,14)9-8(4-16-17-9)1-7-2-10(3-7)5-15-6-10/h4,7,15H,1-3,5-6H2,(H,16,17). The smallest absolute Gasteiger partial charge is 0.316 e. The van der Waals surface area contributed by atoms with Crippen molar-refractivity contribution in [2.24, 2.45) is 11.3 Å². The summed E-state index contributed by atoms with van der Waals surface area (Å²) in [5.74, 6) is 0.385. The van der Waals surface area contributed by atoms with Gasteiger partial charge in [0.2, 0.25) is 0 Å². The maximum Gasteiger partial charge on any atom is 0.433 e. The normalized spacial score (nSPS) is 23.5. The molecule has 3 rings (SSSR count). The van der Waals surface area contributed by atoms with Gasteiger partial charge in [-0.3, -0.25) is 5.10 Å². The lowest BCUT2D eigenvalue weighted by molar-refractivity contribution is -0.142. The Hall–Kier alpha value is -1.04. The van der Waals surface area contributed by atoms with Crippen LogP contribution in [0.2, 0.25) is 0 Å². The molecule has 1 saturated heterocycles. The fourth-order valence-electron chi connectivity index (χ4n) is 3.10. The highest BCUT2D eigenvalue weighted by Gasteiger charge is 2.48. The van der Waals surface area contributed by atoms with Gasteiger partial charge in [-0.1, -0.05) is 0 Å². The monoisotopic (exact) mass is 245 g/mol. The summed E-state index contributed by atoms with van der Waals surface area (Å²) in [6.45, 7) is 2.06. The molecule has 6 heteroatoms. The lowest BCUT2D eigenvalue weighted by atomic mass is 9.57. The van der Waals surface area contributed by atoms with Gasteiger partial charge in [-0.05, 0) is 30.6 Å². The number of rotatable bonds is 2. The fraction of sp³-hybridized carbons (Fsp3) is 0.727. The van der Waals surface area contributed by atoms with Crippen molar-refractivity contribution < 1.29 is 13.2 Å². The van der Waals surface area contributed by atoms with E-state index in [4.69, 9.17) is 0 Å². The second-order valence-electron chi connectivity index (χ2n) is 5.35. The third-order valence-electron chi connectivity index (χ3n) is 3.95. The maximum atomic E-state index is 12.6. The van der Waals surface area contributed by atoms with E-state index in [-0.39, 0.29) is 0 Å². The molecular formula is C11H14F3N3. The number of hydrogen-bond donors (Lipinski definition) is 2. The van der Waals surface area contributed by atoms with Crippen molar-refractivity contribution in [3.63, 3.8) is 0 Å². The highest BCUT2D eigenvalue weighted by atomic mass is 19.4. The molecule has 0 radical (unpaired) electrons. The van der Waals surface area contributed by atoms with Crippen molar-refractivity contribution in [2.45, 2.75) is 25.4 Å². The summed E-state index contributed by atoms with van der Waals surface area (Å²) in [7, 11) is 0. The van der Waals surface area contributed by atoms with Crippen molar-refractivity contribution in [3.8, 4) is 0 Å². The lowest BCUT2D eigenvalue weighted by Crippen LogP contribution is -2.60. The Balaban J connectivity index is 1.64. The van der Waals surface area contributed by atoms with Gasteiger partial charge in [0.05, 0.1) is 6.20 Å². The van der Waals surface area contributed by atoms with Gasteiger partial charge in [-0.15, -0.1) is 0 Å². The number of nitrogens with zero attached hydrogens (tertiary/aromatic N) is 1. The maximum absolute atomic E-state index is 12.6. The molecule has 1 aliphatic heterocycles. The molecule has 2 aliphatic rings. The molecule has 1 spiro atoms. The minimum Gasteiger partial charge on any atom is -0.316 e. The van der Waals surface area contributed by atoms with Crippen LogP contribution in [0, 0.1) is 11.3 Å². The Kier molecular flexibility index (Phi) is 2.26. The molecule has 1 saturated carbocycles. The molecule has 0 amide bonds. The van der Waals surface area contributed by atoms with Crippen molar-refractivity contribution in [3.05, 3.63) is 17.5 Å².